The van der Waals surface area contributed by atoms with Crippen LogP contribution in [0.15, 0.2) is 6.07 Å². The van der Waals surface area contributed by atoms with Crippen LogP contribution in [0, 0.1) is 0 Å². The number of amides is 1. The molecule has 0 aliphatic carbocycles. The third-order valence-electron chi connectivity index (χ3n) is 2.40. The summed E-state index contributed by atoms with van der Waals surface area (Å²) in [7, 11) is 1.27. The molecule has 0 aliphatic rings. The number of rotatable bonds is 7. The third kappa shape index (κ3) is 5.40. The number of carbonyl (C=O) groups excluding carboxylic acids is 2. The molecule has 0 atom stereocenters. The zero-order chi connectivity index (χ0) is 15.0. The first-order valence-corrected chi connectivity index (χ1v) is 6.58. The number of ether oxygens (including phenoxy) is 1. The van der Waals surface area contributed by atoms with Gasteiger partial charge in [-0.05, 0) is 18.0 Å². The number of methoxy groups -OCH3 is 1. The lowest BCUT2D eigenvalue weighted by molar-refractivity contribution is -0.120. The van der Waals surface area contributed by atoms with Crippen molar-refractivity contribution in [3.05, 3.63) is 17.0 Å². The van der Waals surface area contributed by atoms with E-state index in [0.717, 1.165) is 6.42 Å². The van der Waals surface area contributed by atoms with E-state index >= 15 is 0 Å². The predicted octanol–water partition coefficient (Wildman–Crippen LogP) is 1.24. The normalized spacial score (nSPS) is 9.95. The zero-order valence-electron chi connectivity index (χ0n) is 11.4. The maximum Gasteiger partial charge on any atom is 0.356 e. The molecule has 0 radical (unpaired) electrons. The summed E-state index contributed by atoms with van der Waals surface area (Å²) in [4.78, 5) is 30.1. The molecule has 110 valence electrons. The van der Waals surface area contributed by atoms with Crippen LogP contribution in [0.4, 0.5) is 5.82 Å². The zero-order valence-corrected chi connectivity index (χ0v) is 12.2. The van der Waals surface area contributed by atoms with Gasteiger partial charge in [0.15, 0.2) is 5.69 Å². The Morgan fingerprint density at radius 2 is 2.10 bits per heavy atom. The van der Waals surface area contributed by atoms with Gasteiger partial charge in [0.2, 0.25) is 11.2 Å². The highest BCUT2D eigenvalue weighted by Gasteiger charge is 2.10. The van der Waals surface area contributed by atoms with Crippen LogP contribution in [-0.2, 0) is 9.53 Å². The third-order valence-corrected chi connectivity index (χ3v) is 2.57. The lowest BCUT2D eigenvalue weighted by Crippen LogP contribution is -2.24. The van der Waals surface area contributed by atoms with Crippen molar-refractivity contribution < 1.29 is 14.3 Å². The second-order valence-corrected chi connectivity index (χ2v) is 4.22. The quantitative estimate of drug-likeness (QED) is 0.447. The fourth-order valence-corrected chi connectivity index (χ4v) is 1.56. The van der Waals surface area contributed by atoms with Crippen LogP contribution in [0.5, 0.6) is 0 Å². The minimum Gasteiger partial charge on any atom is -0.464 e. The van der Waals surface area contributed by atoms with E-state index in [1.807, 2.05) is 0 Å². The monoisotopic (exact) mass is 300 g/mol. The minimum atomic E-state index is -0.576. The first-order chi connectivity index (χ1) is 9.56. The molecule has 1 rings (SSSR count). The maximum atomic E-state index is 11.4. The van der Waals surface area contributed by atoms with Gasteiger partial charge >= 0.3 is 5.97 Å². The minimum absolute atomic E-state index is 0.0167. The molecule has 0 saturated heterocycles. The molecule has 8 heteroatoms. The van der Waals surface area contributed by atoms with Gasteiger partial charge in [-0.1, -0.05) is 6.92 Å². The van der Waals surface area contributed by atoms with Gasteiger partial charge in [0.1, 0.15) is 5.82 Å². The summed E-state index contributed by atoms with van der Waals surface area (Å²) < 4.78 is 4.56. The number of aromatic nitrogens is 2. The number of nitrogens with zero attached hydrogens (tertiary/aromatic N) is 2. The van der Waals surface area contributed by atoms with E-state index < -0.39 is 5.97 Å². The van der Waals surface area contributed by atoms with Gasteiger partial charge in [-0.15, -0.1) is 0 Å². The summed E-state index contributed by atoms with van der Waals surface area (Å²) >= 11 is 5.72. The summed E-state index contributed by atoms with van der Waals surface area (Å²) in [5, 5.41) is 5.73. The van der Waals surface area contributed by atoms with Gasteiger partial charge in [0.05, 0.1) is 7.11 Å². The van der Waals surface area contributed by atoms with Gasteiger partial charge in [-0.3, -0.25) is 4.79 Å². The van der Waals surface area contributed by atoms with Gasteiger partial charge in [0, 0.05) is 25.6 Å². The molecule has 0 bridgehead atoms. The molecular formula is C12H17ClN4O3. The van der Waals surface area contributed by atoms with E-state index in [-0.39, 0.29) is 16.9 Å². The first-order valence-electron chi connectivity index (χ1n) is 6.20. The lowest BCUT2D eigenvalue weighted by atomic mass is 10.3. The maximum absolute atomic E-state index is 11.4. The van der Waals surface area contributed by atoms with Crippen molar-refractivity contribution in [3.63, 3.8) is 0 Å². The Bertz CT molecular complexity index is 482. The molecule has 0 unspecified atom stereocenters. The Morgan fingerprint density at radius 1 is 1.35 bits per heavy atom. The first kappa shape index (κ1) is 16.2. The summed E-state index contributed by atoms with van der Waals surface area (Å²) in [6, 6.07) is 1.46. The van der Waals surface area contributed by atoms with E-state index in [9.17, 15) is 9.59 Å². The van der Waals surface area contributed by atoms with Crippen LogP contribution in [0.2, 0.25) is 5.28 Å². The van der Waals surface area contributed by atoms with E-state index in [1.165, 1.54) is 13.2 Å². The van der Waals surface area contributed by atoms with Crippen molar-refractivity contribution in [1.82, 2.24) is 15.3 Å². The fourth-order valence-electron chi connectivity index (χ4n) is 1.38. The summed E-state index contributed by atoms with van der Waals surface area (Å²) in [6.07, 6.45) is 1.19. The SMILES string of the molecule is CCC(=O)NCCCNc1cc(C(=O)OC)nc(Cl)n1. The van der Waals surface area contributed by atoms with Gasteiger partial charge < -0.3 is 15.4 Å². The summed E-state index contributed by atoms with van der Waals surface area (Å²) in [5.41, 5.74) is 0.0919. The molecule has 1 aromatic rings. The molecule has 0 aromatic carbocycles. The van der Waals surface area contributed by atoms with Crippen molar-refractivity contribution in [2.75, 3.05) is 25.5 Å². The predicted molar refractivity (Wildman–Crippen MR) is 74.8 cm³/mol. The van der Waals surface area contributed by atoms with Crippen LogP contribution in [0.25, 0.3) is 0 Å². The smallest absolute Gasteiger partial charge is 0.356 e. The van der Waals surface area contributed by atoms with Crippen LogP contribution in [0.3, 0.4) is 0 Å². The van der Waals surface area contributed by atoms with E-state index in [4.69, 9.17) is 11.6 Å². The Hall–Kier alpha value is -1.89. The van der Waals surface area contributed by atoms with Crippen molar-refractivity contribution in [2.24, 2.45) is 0 Å². The van der Waals surface area contributed by atoms with Crippen molar-refractivity contribution >= 4 is 29.3 Å². The molecule has 2 N–H and O–H groups in total. The van der Waals surface area contributed by atoms with E-state index in [0.29, 0.717) is 25.3 Å². The summed E-state index contributed by atoms with van der Waals surface area (Å²) in [6.45, 7) is 2.95. The Morgan fingerprint density at radius 3 is 2.75 bits per heavy atom. The standard InChI is InChI=1S/C12H17ClN4O3/c1-3-10(18)15-6-4-5-14-9-7-8(11(19)20-2)16-12(13)17-9/h7H,3-6H2,1-2H3,(H,15,18)(H,14,16,17). The average molecular weight is 301 g/mol. The second-order valence-electron chi connectivity index (χ2n) is 3.88. The van der Waals surface area contributed by atoms with Gasteiger partial charge in [0.25, 0.3) is 0 Å². The average Bonchev–Trinajstić information content (AvgIpc) is 2.45. The Kier molecular flexibility index (Phi) is 6.72. The van der Waals surface area contributed by atoms with Gasteiger partial charge in [-0.25, -0.2) is 14.8 Å². The number of halogens is 1. The molecule has 1 aromatic heterocycles. The molecule has 0 spiro atoms. The number of carbonyl (C=O) groups is 2. The Labute approximate surface area is 122 Å². The Balaban J connectivity index is 2.46. The number of hydrogen-bond donors (Lipinski definition) is 2. The highest BCUT2D eigenvalue weighted by Crippen LogP contribution is 2.11. The second kappa shape index (κ2) is 8.31. The molecule has 0 fully saturated rings. The van der Waals surface area contributed by atoms with E-state index in [1.54, 1.807) is 6.92 Å². The van der Waals surface area contributed by atoms with Crippen molar-refractivity contribution in [3.8, 4) is 0 Å². The van der Waals surface area contributed by atoms with Crippen LogP contribution in [0.1, 0.15) is 30.3 Å². The number of hydrogen-bond acceptors (Lipinski definition) is 6. The highest BCUT2D eigenvalue weighted by molar-refractivity contribution is 6.28. The number of esters is 1. The van der Waals surface area contributed by atoms with Crippen molar-refractivity contribution in [2.45, 2.75) is 19.8 Å². The number of nitrogens with one attached hydrogen (secondary N) is 2. The highest BCUT2D eigenvalue weighted by atomic mass is 35.5. The van der Waals surface area contributed by atoms with Crippen LogP contribution < -0.4 is 10.6 Å². The van der Waals surface area contributed by atoms with Gasteiger partial charge in [-0.2, -0.15) is 0 Å². The lowest BCUT2D eigenvalue weighted by Gasteiger charge is -2.07. The number of anilines is 1. The fraction of sp³-hybridized carbons (Fsp3) is 0.500. The largest absolute Gasteiger partial charge is 0.464 e. The molecule has 1 amide bonds. The summed E-state index contributed by atoms with van der Waals surface area (Å²) in [5.74, 6) is -0.122. The molecule has 20 heavy (non-hydrogen) atoms. The topological polar surface area (TPSA) is 93.2 Å². The molecule has 1 heterocycles. The van der Waals surface area contributed by atoms with E-state index in [2.05, 4.69) is 25.3 Å². The molecule has 0 saturated carbocycles. The van der Waals surface area contributed by atoms with Crippen molar-refractivity contribution in [1.29, 1.82) is 0 Å². The molecule has 0 aliphatic heterocycles. The van der Waals surface area contributed by atoms with Crippen LogP contribution in [-0.4, -0.2) is 42.0 Å². The van der Waals surface area contributed by atoms with Crippen LogP contribution >= 0.6 is 11.6 Å². The molecule has 7 nitrogen and oxygen atoms in total. The molecular weight excluding hydrogens is 284 g/mol.